The van der Waals surface area contributed by atoms with Gasteiger partial charge in [0.2, 0.25) is 5.82 Å². The van der Waals surface area contributed by atoms with E-state index in [1.807, 2.05) is 0 Å². The van der Waals surface area contributed by atoms with Crippen LogP contribution in [0.3, 0.4) is 0 Å². The molecule has 0 spiro atoms. The van der Waals surface area contributed by atoms with Crippen molar-refractivity contribution in [1.29, 1.82) is 0 Å². The molecule has 0 saturated heterocycles. The summed E-state index contributed by atoms with van der Waals surface area (Å²) in [5.74, 6) is 2.07. The summed E-state index contributed by atoms with van der Waals surface area (Å²) >= 11 is 0.984. The van der Waals surface area contributed by atoms with E-state index in [1.165, 1.54) is 6.26 Å². The molecule has 0 radical (unpaired) electrons. The molecule has 0 unspecified atom stereocenters. The van der Waals surface area contributed by atoms with Crippen LogP contribution in [0.1, 0.15) is 16.5 Å². The van der Waals surface area contributed by atoms with Crippen LogP contribution in [-0.4, -0.2) is 39.7 Å². The Kier molecular flexibility index (Phi) is 7.79. The number of aromatic amines is 1. The van der Waals surface area contributed by atoms with Gasteiger partial charge in [0.25, 0.3) is 0 Å². The van der Waals surface area contributed by atoms with Crippen molar-refractivity contribution in [3.8, 4) is 11.6 Å². The summed E-state index contributed by atoms with van der Waals surface area (Å²) in [7, 11) is 1.59. The van der Waals surface area contributed by atoms with Crippen LogP contribution in [0, 0.1) is 0 Å². The molecule has 13 heteroatoms. The number of thiazole rings is 1. The molecule has 0 fully saturated rings. The van der Waals surface area contributed by atoms with Gasteiger partial charge in [0.1, 0.15) is 5.82 Å². The van der Waals surface area contributed by atoms with E-state index >= 15 is 0 Å². The number of hydrogen-bond acceptors (Lipinski definition) is 6. The average Bonchev–Trinajstić information content (AvgIpc) is 3.38. The lowest BCUT2D eigenvalue weighted by Gasteiger charge is -2.09. The highest BCUT2D eigenvalue weighted by molar-refractivity contribution is 14.0. The second kappa shape index (κ2) is 9.86. The molecule has 152 valence electrons. The molecule has 0 aliphatic rings. The van der Waals surface area contributed by atoms with Crippen molar-refractivity contribution in [2.24, 2.45) is 4.99 Å². The van der Waals surface area contributed by atoms with E-state index in [2.05, 4.69) is 35.8 Å². The van der Waals surface area contributed by atoms with Crippen molar-refractivity contribution in [2.45, 2.75) is 19.1 Å². The lowest BCUT2D eigenvalue weighted by atomic mass is 10.4. The first-order valence-electron chi connectivity index (χ1n) is 7.87. The van der Waals surface area contributed by atoms with E-state index in [-0.39, 0.29) is 24.0 Å². The Morgan fingerprint density at radius 1 is 1.32 bits per heavy atom. The van der Waals surface area contributed by atoms with Gasteiger partial charge in [-0.05, 0) is 12.1 Å². The Morgan fingerprint density at radius 3 is 2.79 bits per heavy atom. The molecule has 0 bridgehead atoms. The van der Waals surface area contributed by atoms with Crippen LogP contribution in [0.5, 0.6) is 0 Å². The van der Waals surface area contributed by atoms with Gasteiger partial charge < -0.3 is 15.1 Å². The minimum absolute atomic E-state index is 0. The summed E-state index contributed by atoms with van der Waals surface area (Å²) in [6.45, 7) is 0.724. The Morgan fingerprint density at radius 2 is 2.14 bits per heavy atom. The number of nitrogens with zero attached hydrogens (tertiary/aromatic N) is 4. The Balaban J connectivity index is 0.00000280. The van der Waals surface area contributed by atoms with Crippen LogP contribution >= 0.6 is 35.3 Å². The number of rotatable bonds is 6. The van der Waals surface area contributed by atoms with E-state index in [4.69, 9.17) is 4.42 Å². The third-order valence-corrected chi connectivity index (χ3v) is 4.30. The fourth-order valence-corrected chi connectivity index (χ4v) is 2.93. The van der Waals surface area contributed by atoms with Crippen LogP contribution in [0.2, 0.25) is 0 Å². The van der Waals surface area contributed by atoms with Gasteiger partial charge in [-0.1, -0.05) is 0 Å². The monoisotopic (exact) mass is 527 g/mol. The summed E-state index contributed by atoms with van der Waals surface area (Å²) in [5.41, 5.74) is -0.859. The standard InChI is InChI=1S/C15H16F3N7OS.HI/c1-19-14(20-5-4-12-22-10(8-27-12)15(16,17)18)21-7-11-23-13(25-24-11)9-3-2-6-26-9;/h2-3,6,8H,4-5,7H2,1H3,(H2,19,20,21)(H,23,24,25);1H. The van der Waals surface area contributed by atoms with Crippen molar-refractivity contribution in [1.82, 2.24) is 30.8 Å². The highest BCUT2D eigenvalue weighted by Crippen LogP contribution is 2.29. The van der Waals surface area contributed by atoms with E-state index < -0.39 is 11.9 Å². The first-order valence-corrected chi connectivity index (χ1v) is 8.75. The third kappa shape index (κ3) is 5.92. The molecule has 0 saturated carbocycles. The molecule has 0 amide bonds. The van der Waals surface area contributed by atoms with Crippen LogP contribution in [0.25, 0.3) is 11.6 Å². The lowest BCUT2D eigenvalue weighted by molar-refractivity contribution is -0.140. The predicted octanol–water partition coefficient (Wildman–Crippen LogP) is 3.07. The number of hydrogen-bond donors (Lipinski definition) is 3. The predicted molar refractivity (Wildman–Crippen MR) is 109 cm³/mol. The lowest BCUT2D eigenvalue weighted by Crippen LogP contribution is -2.38. The molecule has 0 aliphatic heterocycles. The SMILES string of the molecule is CN=C(NCCc1nc(C(F)(F)F)cs1)NCc1nc(-c2ccco2)n[nH]1.I. The maximum Gasteiger partial charge on any atom is 0.434 e. The van der Waals surface area contributed by atoms with E-state index in [0.717, 1.165) is 16.7 Å². The van der Waals surface area contributed by atoms with Crippen molar-refractivity contribution in [3.63, 3.8) is 0 Å². The molecule has 3 aromatic rings. The normalized spacial score (nSPS) is 11.9. The quantitative estimate of drug-likeness (QED) is 0.259. The van der Waals surface area contributed by atoms with Gasteiger partial charge in [0.05, 0.1) is 17.8 Å². The summed E-state index contributed by atoms with van der Waals surface area (Å²) in [4.78, 5) is 11.9. The summed E-state index contributed by atoms with van der Waals surface area (Å²) in [6.07, 6.45) is -2.52. The number of aliphatic imine (C=N–C) groups is 1. The second-order valence-corrected chi connectivity index (χ2v) is 6.25. The minimum Gasteiger partial charge on any atom is -0.461 e. The van der Waals surface area contributed by atoms with Crippen LogP contribution < -0.4 is 10.6 Å². The van der Waals surface area contributed by atoms with Crippen LogP contribution in [0.4, 0.5) is 13.2 Å². The molecule has 8 nitrogen and oxygen atoms in total. The molecule has 28 heavy (non-hydrogen) atoms. The number of guanidine groups is 1. The number of aromatic nitrogens is 4. The molecule has 0 aromatic carbocycles. The van der Waals surface area contributed by atoms with Crippen molar-refractivity contribution in [3.05, 3.63) is 40.3 Å². The molecule has 0 atom stereocenters. The van der Waals surface area contributed by atoms with Gasteiger partial charge in [-0.25, -0.2) is 9.97 Å². The first-order chi connectivity index (χ1) is 13.0. The van der Waals surface area contributed by atoms with Gasteiger partial charge in [-0.2, -0.15) is 13.2 Å². The van der Waals surface area contributed by atoms with Gasteiger partial charge in [-0.15, -0.1) is 40.4 Å². The fourth-order valence-electron chi connectivity index (χ4n) is 2.12. The maximum atomic E-state index is 12.5. The molecule has 3 heterocycles. The maximum absolute atomic E-state index is 12.5. The summed E-state index contributed by atoms with van der Waals surface area (Å²) < 4.78 is 42.8. The van der Waals surface area contributed by atoms with Crippen LogP contribution in [0.15, 0.2) is 33.2 Å². The van der Waals surface area contributed by atoms with Crippen LogP contribution in [-0.2, 0) is 19.1 Å². The zero-order chi connectivity index (χ0) is 19.3. The molecule has 0 aliphatic carbocycles. The van der Waals surface area contributed by atoms with Crippen molar-refractivity contribution < 1.29 is 17.6 Å². The molecule has 3 aromatic heterocycles. The summed E-state index contributed by atoms with van der Waals surface area (Å²) in [5, 5.41) is 14.3. The number of nitrogens with one attached hydrogen (secondary N) is 3. The van der Waals surface area contributed by atoms with Gasteiger partial charge in [-0.3, -0.25) is 10.1 Å². The molecule has 3 rings (SSSR count). The van der Waals surface area contributed by atoms with Crippen molar-refractivity contribution in [2.75, 3.05) is 13.6 Å². The smallest absolute Gasteiger partial charge is 0.434 e. The van der Waals surface area contributed by atoms with Crippen molar-refractivity contribution >= 4 is 41.3 Å². The molecular weight excluding hydrogens is 510 g/mol. The second-order valence-electron chi connectivity index (χ2n) is 5.31. The fraction of sp³-hybridized carbons (Fsp3) is 0.333. The Labute approximate surface area is 179 Å². The molecule has 3 N–H and O–H groups in total. The Hall–Kier alpha value is -2.16. The highest BCUT2D eigenvalue weighted by Gasteiger charge is 2.33. The van der Waals surface area contributed by atoms with E-state index in [1.54, 1.807) is 19.2 Å². The van der Waals surface area contributed by atoms with E-state index in [0.29, 0.717) is 47.9 Å². The number of furan rings is 1. The summed E-state index contributed by atoms with van der Waals surface area (Å²) in [6, 6.07) is 3.50. The Bertz CT molecular complexity index is 892. The average molecular weight is 527 g/mol. The zero-order valence-electron chi connectivity index (χ0n) is 14.6. The van der Waals surface area contributed by atoms with Gasteiger partial charge in [0.15, 0.2) is 17.4 Å². The minimum atomic E-state index is -4.41. The third-order valence-electron chi connectivity index (χ3n) is 3.39. The zero-order valence-corrected chi connectivity index (χ0v) is 17.7. The van der Waals surface area contributed by atoms with Gasteiger partial charge in [0, 0.05) is 25.4 Å². The van der Waals surface area contributed by atoms with Gasteiger partial charge >= 0.3 is 6.18 Å². The largest absolute Gasteiger partial charge is 0.461 e. The highest BCUT2D eigenvalue weighted by atomic mass is 127. The first kappa shape index (κ1) is 22.1. The molecular formula is C15H17F3IN7OS. The van der Waals surface area contributed by atoms with E-state index in [9.17, 15) is 13.2 Å². The number of H-pyrrole nitrogens is 1. The number of halogens is 4. The topological polar surface area (TPSA) is 104 Å². The number of alkyl halides is 3.